The second-order valence-electron chi connectivity index (χ2n) is 3.97. The Morgan fingerprint density at radius 1 is 1.50 bits per heavy atom. The molecule has 2 aromatic heterocycles. The summed E-state index contributed by atoms with van der Waals surface area (Å²) in [6, 6.07) is 3.23. The van der Waals surface area contributed by atoms with Crippen LogP contribution >= 0.6 is 0 Å². The maximum Gasteiger partial charge on any atom is 0.267 e. The summed E-state index contributed by atoms with van der Waals surface area (Å²) in [5.74, 6) is 0.786. The van der Waals surface area contributed by atoms with Gasteiger partial charge in [0.25, 0.3) is 5.91 Å². The molecule has 0 saturated heterocycles. The standard InChI is InChI=1S/C12H14N4O2/c1-7-6-15-12(18-7)8(2)16-9-3-4-14-10(5-9)11(13)17/h3-6,8H,1-2H3,(H2,13,17)(H,14,16). The van der Waals surface area contributed by atoms with Gasteiger partial charge in [-0.15, -0.1) is 0 Å². The molecule has 2 heterocycles. The van der Waals surface area contributed by atoms with Crippen molar-refractivity contribution in [3.63, 3.8) is 0 Å². The zero-order valence-electron chi connectivity index (χ0n) is 10.2. The molecule has 0 bridgehead atoms. The van der Waals surface area contributed by atoms with Crippen molar-refractivity contribution in [1.82, 2.24) is 9.97 Å². The van der Waals surface area contributed by atoms with Crippen LogP contribution in [0.3, 0.4) is 0 Å². The van der Waals surface area contributed by atoms with Gasteiger partial charge < -0.3 is 15.5 Å². The zero-order chi connectivity index (χ0) is 13.1. The Kier molecular flexibility index (Phi) is 3.27. The van der Waals surface area contributed by atoms with Gasteiger partial charge in [-0.2, -0.15) is 0 Å². The van der Waals surface area contributed by atoms with Gasteiger partial charge in [0.15, 0.2) is 0 Å². The number of pyridine rings is 1. The van der Waals surface area contributed by atoms with Crippen molar-refractivity contribution < 1.29 is 9.21 Å². The molecule has 0 aliphatic heterocycles. The smallest absolute Gasteiger partial charge is 0.267 e. The molecular formula is C12H14N4O2. The highest BCUT2D eigenvalue weighted by Crippen LogP contribution is 2.18. The minimum atomic E-state index is -0.557. The Labute approximate surface area is 104 Å². The number of primary amides is 1. The molecule has 6 nitrogen and oxygen atoms in total. The van der Waals surface area contributed by atoms with Crippen LogP contribution in [0.15, 0.2) is 28.9 Å². The van der Waals surface area contributed by atoms with Crippen LogP contribution in [-0.2, 0) is 0 Å². The molecule has 1 unspecified atom stereocenters. The Morgan fingerprint density at radius 2 is 2.28 bits per heavy atom. The second kappa shape index (κ2) is 4.87. The third-order valence-electron chi connectivity index (χ3n) is 2.41. The largest absolute Gasteiger partial charge is 0.444 e. The van der Waals surface area contributed by atoms with Crippen molar-refractivity contribution in [3.8, 4) is 0 Å². The highest BCUT2D eigenvalue weighted by molar-refractivity contribution is 5.91. The Bertz CT molecular complexity index is 565. The topological polar surface area (TPSA) is 94.0 Å². The SMILES string of the molecule is Cc1cnc(C(C)Nc2ccnc(C(N)=O)c2)o1. The Hall–Kier alpha value is -2.37. The maximum absolute atomic E-state index is 11.0. The molecule has 0 radical (unpaired) electrons. The van der Waals surface area contributed by atoms with Gasteiger partial charge in [-0.3, -0.25) is 9.78 Å². The van der Waals surface area contributed by atoms with Crippen molar-refractivity contribution in [2.45, 2.75) is 19.9 Å². The minimum absolute atomic E-state index is 0.109. The van der Waals surface area contributed by atoms with Gasteiger partial charge in [0.2, 0.25) is 5.89 Å². The van der Waals surface area contributed by atoms with Crippen molar-refractivity contribution in [3.05, 3.63) is 41.9 Å². The zero-order valence-corrected chi connectivity index (χ0v) is 10.2. The number of carbonyl (C=O) groups excluding carboxylic acids is 1. The number of aryl methyl sites for hydroxylation is 1. The van der Waals surface area contributed by atoms with E-state index in [0.29, 0.717) is 5.89 Å². The van der Waals surface area contributed by atoms with E-state index in [1.807, 2.05) is 13.8 Å². The van der Waals surface area contributed by atoms with Crippen LogP contribution < -0.4 is 11.1 Å². The van der Waals surface area contributed by atoms with Crippen LogP contribution in [0.1, 0.15) is 35.1 Å². The van der Waals surface area contributed by atoms with E-state index in [1.54, 1.807) is 18.3 Å². The monoisotopic (exact) mass is 246 g/mol. The predicted molar refractivity (Wildman–Crippen MR) is 66.0 cm³/mol. The van der Waals surface area contributed by atoms with Gasteiger partial charge in [0.05, 0.1) is 6.20 Å². The van der Waals surface area contributed by atoms with Crippen LogP contribution in [0.2, 0.25) is 0 Å². The highest BCUT2D eigenvalue weighted by Gasteiger charge is 2.12. The normalized spacial score (nSPS) is 12.1. The summed E-state index contributed by atoms with van der Waals surface area (Å²) in [4.78, 5) is 19.0. The Balaban J connectivity index is 2.14. The lowest BCUT2D eigenvalue weighted by molar-refractivity contribution is 0.0995. The molecule has 0 fully saturated rings. The van der Waals surface area contributed by atoms with Crippen LogP contribution in [0.25, 0.3) is 0 Å². The van der Waals surface area contributed by atoms with E-state index in [0.717, 1.165) is 11.4 Å². The number of aromatic nitrogens is 2. The number of nitrogens with zero attached hydrogens (tertiary/aromatic N) is 2. The van der Waals surface area contributed by atoms with E-state index < -0.39 is 5.91 Å². The van der Waals surface area contributed by atoms with Gasteiger partial charge in [0, 0.05) is 11.9 Å². The molecule has 94 valence electrons. The quantitative estimate of drug-likeness (QED) is 0.855. The summed E-state index contributed by atoms with van der Waals surface area (Å²) in [7, 11) is 0. The molecule has 3 N–H and O–H groups in total. The molecule has 6 heteroatoms. The first-order chi connectivity index (χ1) is 8.56. The first-order valence-electron chi connectivity index (χ1n) is 5.51. The summed E-state index contributed by atoms with van der Waals surface area (Å²) in [5.41, 5.74) is 6.12. The number of amides is 1. The van der Waals surface area contributed by atoms with Crippen molar-refractivity contribution in [1.29, 1.82) is 0 Å². The summed E-state index contributed by atoms with van der Waals surface area (Å²) >= 11 is 0. The van der Waals surface area contributed by atoms with E-state index >= 15 is 0 Å². The molecule has 0 spiro atoms. The third-order valence-corrected chi connectivity index (χ3v) is 2.41. The van der Waals surface area contributed by atoms with Crippen LogP contribution in [-0.4, -0.2) is 15.9 Å². The van der Waals surface area contributed by atoms with Crippen LogP contribution in [0.4, 0.5) is 5.69 Å². The predicted octanol–water partition coefficient (Wildman–Crippen LogP) is 1.65. The molecule has 2 rings (SSSR count). The van der Waals surface area contributed by atoms with Gasteiger partial charge in [-0.1, -0.05) is 0 Å². The molecule has 0 aliphatic rings. The molecule has 0 aliphatic carbocycles. The number of nitrogens with one attached hydrogen (secondary N) is 1. The molecular weight excluding hydrogens is 232 g/mol. The van der Waals surface area contributed by atoms with Crippen molar-refractivity contribution in [2.24, 2.45) is 5.73 Å². The van der Waals surface area contributed by atoms with E-state index in [2.05, 4.69) is 15.3 Å². The van der Waals surface area contributed by atoms with Gasteiger partial charge >= 0.3 is 0 Å². The fourth-order valence-electron chi connectivity index (χ4n) is 1.54. The molecule has 1 atom stereocenters. The number of carbonyl (C=O) groups is 1. The molecule has 18 heavy (non-hydrogen) atoms. The maximum atomic E-state index is 11.0. The number of nitrogens with two attached hydrogens (primary N) is 1. The van der Waals surface area contributed by atoms with E-state index in [9.17, 15) is 4.79 Å². The number of rotatable bonds is 4. The summed E-state index contributed by atoms with van der Waals surface area (Å²) in [5, 5.41) is 3.16. The number of anilines is 1. The molecule has 0 saturated carbocycles. The van der Waals surface area contributed by atoms with E-state index in [-0.39, 0.29) is 11.7 Å². The van der Waals surface area contributed by atoms with Crippen LogP contribution in [0, 0.1) is 6.92 Å². The lowest BCUT2D eigenvalue weighted by Gasteiger charge is -2.12. The third kappa shape index (κ3) is 2.65. The fourth-order valence-corrected chi connectivity index (χ4v) is 1.54. The van der Waals surface area contributed by atoms with Crippen molar-refractivity contribution in [2.75, 3.05) is 5.32 Å². The highest BCUT2D eigenvalue weighted by atomic mass is 16.4. The van der Waals surface area contributed by atoms with Gasteiger partial charge in [-0.05, 0) is 26.0 Å². The fraction of sp³-hybridized carbons (Fsp3) is 0.250. The molecule has 2 aromatic rings. The second-order valence-corrected chi connectivity index (χ2v) is 3.97. The van der Waals surface area contributed by atoms with E-state index in [1.165, 1.54) is 6.20 Å². The summed E-state index contributed by atoms with van der Waals surface area (Å²) in [6.07, 6.45) is 3.19. The van der Waals surface area contributed by atoms with Crippen LogP contribution in [0.5, 0.6) is 0 Å². The minimum Gasteiger partial charge on any atom is -0.444 e. The van der Waals surface area contributed by atoms with Crippen molar-refractivity contribution >= 4 is 11.6 Å². The first kappa shape index (κ1) is 12.1. The van der Waals surface area contributed by atoms with Gasteiger partial charge in [-0.25, -0.2) is 4.98 Å². The number of oxazole rings is 1. The summed E-state index contributed by atoms with van der Waals surface area (Å²) < 4.78 is 5.41. The molecule has 0 aromatic carbocycles. The van der Waals surface area contributed by atoms with E-state index in [4.69, 9.17) is 10.2 Å². The number of hydrogen-bond donors (Lipinski definition) is 2. The van der Waals surface area contributed by atoms with Gasteiger partial charge in [0.1, 0.15) is 17.5 Å². The average molecular weight is 246 g/mol. The average Bonchev–Trinajstić information content (AvgIpc) is 2.76. The lowest BCUT2D eigenvalue weighted by Crippen LogP contribution is -2.14. The summed E-state index contributed by atoms with van der Waals surface area (Å²) in [6.45, 7) is 3.75. The Morgan fingerprint density at radius 3 is 2.89 bits per heavy atom. The lowest BCUT2D eigenvalue weighted by atomic mass is 10.2. The number of hydrogen-bond acceptors (Lipinski definition) is 5. The molecule has 1 amide bonds. The first-order valence-corrected chi connectivity index (χ1v) is 5.51.